The second-order valence-electron chi connectivity index (χ2n) is 4.66. The first-order chi connectivity index (χ1) is 10.3. The van der Waals surface area contributed by atoms with E-state index in [4.69, 9.17) is 0 Å². The molecular formula is C16H19N3O2. The summed E-state index contributed by atoms with van der Waals surface area (Å²) < 4.78 is 0. The first-order valence-corrected chi connectivity index (χ1v) is 6.88. The molecule has 2 amide bonds. The maximum Gasteiger partial charge on any atom is 0.315 e. The van der Waals surface area contributed by atoms with E-state index in [2.05, 4.69) is 15.6 Å². The average Bonchev–Trinajstić information content (AvgIpc) is 2.54. The molecule has 0 saturated heterocycles. The molecule has 0 bridgehead atoms. The minimum atomic E-state index is -0.399. The zero-order valence-corrected chi connectivity index (χ0v) is 11.7. The number of aliphatic hydroxyl groups excluding tert-OH is 1. The Hall–Kier alpha value is -2.40. The van der Waals surface area contributed by atoms with E-state index in [1.165, 1.54) is 0 Å². The van der Waals surface area contributed by atoms with Crippen LogP contribution >= 0.6 is 0 Å². The Labute approximate surface area is 124 Å². The van der Waals surface area contributed by atoms with Gasteiger partial charge in [-0.3, -0.25) is 4.98 Å². The van der Waals surface area contributed by atoms with Gasteiger partial charge in [0.1, 0.15) is 0 Å². The summed E-state index contributed by atoms with van der Waals surface area (Å²) in [6, 6.07) is 12.5. The van der Waals surface area contributed by atoms with E-state index >= 15 is 0 Å². The van der Waals surface area contributed by atoms with Crippen molar-refractivity contribution < 1.29 is 9.90 Å². The van der Waals surface area contributed by atoms with Gasteiger partial charge in [0.2, 0.25) is 0 Å². The molecule has 110 valence electrons. The van der Waals surface area contributed by atoms with Gasteiger partial charge in [0.15, 0.2) is 0 Å². The fraction of sp³-hybridized carbons (Fsp3) is 0.250. The van der Waals surface area contributed by atoms with Crippen LogP contribution in [0.2, 0.25) is 0 Å². The van der Waals surface area contributed by atoms with Gasteiger partial charge in [-0.2, -0.15) is 0 Å². The Morgan fingerprint density at radius 3 is 2.67 bits per heavy atom. The third-order valence-electron chi connectivity index (χ3n) is 3.11. The number of hydrogen-bond donors (Lipinski definition) is 3. The molecule has 0 aliphatic heterocycles. The van der Waals surface area contributed by atoms with Gasteiger partial charge in [0.25, 0.3) is 0 Å². The summed E-state index contributed by atoms with van der Waals surface area (Å²) in [5.41, 5.74) is 1.95. The number of urea groups is 1. The van der Waals surface area contributed by atoms with Crippen molar-refractivity contribution >= 4 is 6.03 Å². The van der Waals surface area contributed by atoms with E-state index in [9.17, 15) is 9.90 Å². The number of rotatable bonds is 6. The number of carbonyl (C=O) groups excluding carboxylic acids is 1. The molecule has 5 nitrogen and oxygen atoms in total. The summed E-state index contributed by atoms with van der Waals surface area (Å²) in [7, 11) is 0. The number of pyridine rings is 1. The van der Waals surface area contributed by atoms with Gasteiger partial charge >= 0.3 is 6.03 Å². The van der Waals surface area contributed by atoms with Crippen molar-refractivity contribution in [1.82, 2.24) is 15.6 Å². The fourth-order valence-electron chi connectivity index (χ4n) is 2.00. The summed E-state index contributed by atoms with van der Waals surface area (Å²) >= 11 is 0. The van der Waals surface area contributed by atoms with E-state index < -0.39 is 6.04 Å². The molecule has 2 aromatic rings. The minimum Gasteiger partial charge on any atom is -0.394 e. The third kappa shape index (κ3) is 4.89. The predicted octanol–water partition coefficient (Wildman–Crippen LogP) is 1.66. The van der Waals surface area contributed by atoms with Crippen LogP contribution in [-0.4, -0.2) is 29.3 Å². The van der Waals surface area contributed by atoms with Gasteiger partial charge in [-0.05, 0) is 23.6 Å². The first-order valence-electron chi connectivity index (χ1n) is 6.88. The van der Waals surface area contributed by atoms with Crippen LogP contribution in [0.15, 0.2) is 54.9 Å². The summed E-state index contributed by atoms with van der Waals surface area (Å²) in [5, 5.41) is 14.9. The maximum absolute atomic E-state index is 11.8. The van der Waals surface area contributed by atoms with Crippen LogP contribution < -0.4 is 10.6 Å². The molecule has 1 aromatic carbocycles. The van der Waals surface area contributed by atoms with Crippen LogP contribution in [0.3, 0.4) is 0 Å². The molecule has 21 heavy (non-hydrogen) atoms. The molecule has 0 spiro atoms. The van der Waals surface area contributed by atoms with Crippen LogP contribution in [0.4, 0.5) is 4.79 Å². The monoisotopic (exact) mass is 285 g/mol. The van der Waals surface area contributed by atoms with Crippen LogP contribution in [0.25, 0.3) is 0 Å². The molecule has 1 heterocycles. The number of amides is 2. The minimum absolute atomic E-state index is 0.139. The van der Waals surface area contributed by atoms with Gasteiger partial charge in [0.05, 0.1) is 12.6 Å². The van der Waals surface area contributed by atoms with Crippen LogP contribution in [0, 0.1) is 0 Å². The molecule has 0 fully saturated rings. The standard InChI is InChI=1S/C16H19N3O2/c20-12-15(14-6-2-1-3-7-14)19-16(21)18-10-8-13-5-4-9-17-11-13/h1-7,9,11,15,20H,8,10,12H2,(H2,18,19,21). The first kappa shape index (κ1) is 15.0. The van der Waals surface area contributed by atoms with E-state index in [1.54, 1.807) is 12.4 Å². The molecule has 1 aromatic heterocycles. The molecule has 1 unspecified atom stereocenters. The lowest BCUT2D eigenvalue weighted by Crippen LogP contribution is -2.40. The molecular weight excluding hydrogens is 266 g/mol. The highest BCUT2D eigenvalue weighted by Crippen LogP contribution is 2.11. The second kappa shape index (κ2) is 8.01. The number of benzene rings is 1. The smallest absolute Gasteiger partial charge is 0.315 e. The highest BCUT2D eigenvalue weighted by molar-refractivity contribution is 5.74. The van der Waals surface area contributed by atoms with Crippen molar-refractivity contribution in [2.45, 2.75) is 12.5 Å². The van der Waals surface area contributed by atoms with Crippen LogP contribution in [-0.2, 0) is 6.42 Å². The summed E-state index contributed by atoms with van der Waals surface area (Å²) in [4.78, 5) is 15.8. The number of carbonyl (C=O) groups is 1. The van der Waals surface area contributed by atoms with Gasteiger partial charge in [0, 0.05) is 18.9 Å². The van der Waals surface area contributed by atoms with Crippen molar-refractivity contribution in [1.29, 1.82) is 0 Å². The van der Waals surface area contributed by atoms with Crippen LogP contribution in [0.5, 0.6) is 0 Å². The fourth-order valence-corrected chi connectivity index (χ4v) is 2.00. The van der Waals surface area contributed by atoms with E-state index in [0.29, 0.717) is 6.54 Å². The molecule has 0 aliphatic rings. The van der Waals surface area contributed by atoms with Gasteiger partial charge in [-0.1, -0.05) is 36.4 Å². The summed E-state index contributed by atoms with van der Waals surface area (Å²) in [5.74, 6) is 0. The zero-order chi connectivity index (χ0) is 14.9. The Bertz CT molecular complexity index is 546. The van der Waals surface area contributed by atoms with Crippen LogP contribution in [0.1, 0.15) is 17.2 Å². The second-order valence-corrected chi connectivity index (χ2v) is 4.66. The lowest BCUT2D eigenvalue weighted by molar-refractivity contribution is 0.217. The topological polar surface area (TPSA) is 74.2 Å². The van der Waals surface area contributed by atoms with Crippen molar-refractivity contribution in [2.24, 2.45) is 0 Å². The zero-order valence-electron chi connectivity index (χ0n) is 11.7. The van der Waals surface area contributed by atoms with Gasteiger partial charge < -0.3 is 15.7 Å². The average molecular weight is 285 g/mol. The highest BCUT2D eigenvalue weighted by Gasteiger charge is 2.12. The lowest BCUT2D eigenvalue weighted by atomic mass is 10.1. The molecule has 0 radical (unpaired) electrons. The lowest BCUT2D eigenvalue weighted by Gasteiger charge is -2.17. The number of hydrogen-bond acceptors (Lipinski definition) is 3. The SMILES string of the molecule is O=C(NCCc1cccnc1)NC(CO)c1ccccc1. The van der Waals surface area contributed by atoms with Crippen molar-refractivity contribution in [3.05, 3.63) is 66.0 Å². The Kier molecular flexibility index (Phi) is 5.72. The highest BCUT2D eigenvalue weighted by atomic mass is 16.3. The quantitative estimate of drug-likeness (QED) is 0.755. The molecule has 0 saturated carbocycles. The summed E-state index contributed by atoms with van der Waals surface area (Å²) in [6.45, 7) is 0.379. The Morgan fingerprint density at radius 1 is 1.19 bits per heavy atom. The maximum atomic E-state index is 11.8. The normalized spacial score (nSPS) is 11.7. The van der Waals surface area contributed by atoms with E-state index in [0.717, 1.165) is 17.5 Å². The predicted molar refractivity (Wildman–Crippen MR) is 80.7 cm³/mol. The van der Waals surface area contributed by atoms with Crippen molar-refractivity contribution in [3.63, 3.8) is 0 Å². The van der Waals surface area contributed by atoms with Crippen molar-refractivity contribution in [2.75, 3.05) is 13.2 Å². The summed E-state index contributed by atoms with van der Waals surface area (Å²) in [6.07, 6.45) is 4.21. The van der Waals surface area contributed by atoms with E-state index in [-0.39, 0.29) is 12.6 Å². The molecule has 5 heteroatoms. The number of aliphatic hydroxyl groups is 1. The molecule has 0 aliphatic carbocycles. The Balaban J connectivity index is 1.78. The number of nitrogens with one attached hydrogen (secondary N) is 2. The number of aromatic nitrogens is 1. The third-order valence-corrected chi connectivity index (χ3v) is 3.11. The van der Waals surface area contributed by atoms with Gasteiger partial charge in [-0.25, -0.2) is 4.79 Å². The molecule has 1 atom stereocenters. The van der Waals surface area contributed by atoms with E-state index in [1.807, 2.05) is 42.5 Å². The molecule has 3 N–H and O–H groups in total. The van der Waals surface area contributed by atoms with Gasteiger partial charge in [-0.15, -0.1) is 0 Å². The largest absolute Gasteiger partial charge is 0.394 e. The van der Waals surface area contributed by atoms with Crippen molar-refractivity contribution in [3.8, 4) is 0 Å². The molecule has 2 rings (SSSR count). The number of nitrogens with zero attached hydrogens (tertiary/aromatic N) is 1. The Morgan fingerprint density at radius 2 is 2.00 bits per heavy atom.